The number of halogens is 4. The first kappa shape index (κ1) is 23.0. The number of hydrogen-bond donors (Lipinski definition) is 1. The molecule has 0 aliphatic carbocycles. The van der Waals surface area contributed by atoms with E-state index in [0.29, 0.717) is 23.3 Å². The SMILES string of the molecule is CCn1c(SCC(=O)Nc2cc(C(F)(F)F)ccc2Cl)nnc1-c1ccccc1OC. The predicted octanol–water partition coefficient (Wildman–Crippen LogP) is 5.38. The second kappa shape index (κ2) is 9.61. The van der Waals surface area contributed by atoms with Crippen LogP contribution in [-0.4, -0.2) is 33.5 Å². The van der Waals surface area contributed by atoms with Crippen molar-refractivity contribution in [3.05, 3.63) is 53.1 Å². The first-order chi connectivity index (χ1) is 14.7. The highest BCUT2D eigenvalue weighted by Crippen LogP contribution is 2.34. The predicted molar refractivity (Wildman–Crippen MR) is 113 cm³/mol. The molecule has 0 aliphatic heterocycles. The number of anilines is 1. The van der Waals surface area contributed by atoms with Gasteiger partial charge in [0, 0.05) is 6.54 Å². The summed E-state index contributed by atoms with van der Waals surface area (Å²) in [5.74, 6) is 0.619. The summed E-state index contributed by atoms with van der Waals surface area (Å²) >= 11 is 7.04. The van der Waals surface area contributed by atoms with Crippen molar-refractivity contribution < 1.29 is 22.7 Å². The van der Waals surface area contributed by atoms with Crippen LogP contribution in [0.3, 0.4) is 0 Å². The molecule has 1 heterocycles. The molecule has 0 unspecified atom stereocenters. The molecular weight excluding hydrogens is 453 g/mol. The second-order valence-corrected chi connectivity index (χ2v) is 7.63. The lowest BCUT2D eigenvalue weighted by Crippen LogP contribution is -2.16. The number of nitrogens with one attached hydrogen (secondary N) is 1. The third-order valence-corrected chi connectivity index (χ3v) is 5.58. The molecule has 164 valence electrons. The monoisotopic (exact) mass is 470 g/mol. The van der Waals surface area contributed by atoms with Gasteiger partial charge in [0.25, 0.3) is 0 Å². The minimum Gasteiger partial charge on any atom is -0.496 e. The van der Waals surface area contributed by atoms with Gasteiger partial charge in [-0.2, -0.15) is 13.2 Å². The normalized spacial score (nSPS) is 11.4. The standard InChI is InChI=1S/C20H18ClF3N4O2S/c1-3-28-18(13-6-4-5-7-16(13)30-2)26-27-19(28)31-11-17(29)25-15-10-12(20(22,23)24)8-9-14(15)21/h4-10H,3,11H2,1-2H3,(H,25,29). The Hall–Kier alpha value is -2.72. The van der Waals surface area contributed by atoms with Crippen LogP contribution in [0.1, 0.15) is 12.5 Å². The van der Waals surface area contributed by atoms with Gasteiger partial charge in [0.05, 0.1) is 34.7 Å². The Balaban J connectivity index is 1.74. The van der Waals surface area contributed by atoms with Crippen LogP contribution in [0.5, 0.6) is 5.75 Å². The zero-order chi connectivity index (χ0) is 22.6. The summed E-state index contributed by atoms with van der Waals surface area (Å²) in [5.41, 5.74) is -0.243. The molecule has 1 aromatic heterocycles. The molecule has 0 saturated carbocycles. The average molecular weight is 471 g/mol. The lowest BCUT2D eigenvalue weighted by molar-refractivity contribution is -0.137. The number of ether oxygens (including phenoxy) is 1. The number of aromatic nitrogens is 3. The minimum atomic E-state index is -4.54. The molecule has 0 spiro atoms. The third kappa shape index (κ3) is 5.31. The van der Waals surface area contributed by atoms with Gasteiger partial charge in [-0.3, -0.25) is 4.79 Å². The van der Waals surface area contributed by atoms with Gasteiger partial charge in [0.15, 0.2) is 11.0 Å². The summed E-state index contributed by atoms with van der Waals surface area (Å²) in [6, 6.07) is 10.1. The molecule has 6 nitrogen and oxygen atoms in total. The topological polar surface area (TPSA) is 69.0 Å². The summed E-state index contributed by atoms with van der Waals surface area (Å²) in [5, 5.41) is 11.3. The van der Waals surface area contributed by atoms with E-state index < -0.39 is 17.6 Å². The van der Waals surface area contributed by atoms with Crippen molar-refractivity contribution >= 4 is 35.0 Å². The highest BCUT2D eigenvalue weighted by Gasteiger charge is 2.31. The van der Waals surface area contributed by atoms with Gasteiger partial charge in [0.2, 0.25) is 5.91 Å². The number of amides is 1. The van der Waals surface area contributed by atoms with Crippen molar-refractivity contribution in [2.45, 2.75) is 24.8 Å². The van der Waals surface area contributed by atoms with Gasteiger partial charge >= 0.3 is 6.18 Å². The lowest BCUT2D eigenvalue weighted by Gasteiger charge is -2.12. The van der Waals surface area contributed by atoms with Crippen molar-refractivity contribution in [3.8, 4) is 17.1 Å². The number of nitrogens with zero attached hydrogens (tertiary/aromatic N) is 3. The van der Waals surface area contributed by atoms with E-state index in [0.717, 1.165) is 35.5 Å². The fraction of sp³-hybridized carbons (Fsp3) is 0.250. The molecule has 0 atom stereocenters. The number of methoxy groups -OCH3 is 1. The average Bonchev–Trinajstić information content (AvgIpc) is 3.15. The number of thioether (sulfide) groups is 1. The molecule has 3 aromatic rings. The van der Waals surface area contributed by atoms with Gasteiger partial charge in [-0.05, 0) is 37.3 Å². The van der Waals surface area contributed by atoms with Crippen molar-refractivity contribution in [1.82, 2.24) is 14.8 Å². The van der Waals surface area contributed by atoms with Crippen LogP contribution in [0.4, 0.5) is 18.9 Å². The van der Waals surface area contributed by atoms with E-state index in [1.165, 1.54) is 0 Å². The van der Waals surface area contributed by atoms with Crippen LogP contribution in [0.25, 0.3) is 11.4 Å². The highest BCUT2D eigenvalue weighted by molar-refractivity contribution is 7.99. The van der Waals surface area contributed by atoms with E-state index >= 15 is 0 Å². The molecule has 2 aromatic carbocycles. The molecule has 0 saturated heterocycles. The Morgan fingerprint density at radius 1 is 1.23 bits per heavy atom. The van der Waals surface area contributed by atoms with Crippen LogP contribution in [0.2, 0.25) is 5.02 Å². The van der Waals surface area contributed by atoms with E-state index in [1.54, 1.807) is 7.11 Å². The number of carbonyl (C=O) groups is 1. The largest absolute Gasteiger partial charge is 0.496 e. The summed E-state index contributed by atoms with van der Waals surface area (Å²) in [6.07, 6.45) is -4.54. The van der Waals surface area contributed by atoms with Crippen LogP contribution < -0.4 is 10.1 Å². The summed E-state index contributed by atoms with van der Waals surface area (Å²) < 4.78 is 45.9. The maximum absolute atomic E-state index is 12.9. The Labute approximate surface area is 185 Å². The van der Waals surface area contributed by atoms with Gasteiger partial charge in [-0.25, -0.2) is 0 Å². The Kier molecular flexibility index (Phi) is 7.11. The van der Waals surface area contributed by atoms with Crippen LogP contribution in [-0.2, 0) is 17.5 Å². The van der Waals surface area contributed by atoms with Crippen molar-refractivity contribution in [1.29, 1.82) is 0 Å². The Morgan fingerprint density at radius 3 is 2.65 bits per heavy atom. The molecule has 11 heteroatoms. The number of benzene rings is 2. The van der Waals surface area contributed by atoms with Crippen LogP contribution in [0.15, 0.2) is 47.6 Å². The van der Waals surface area contributed by atoms with Crippen LogP contribution in [0, 0.1) is 0 Å². The van der Waals surface area contributed by atoms with Gasteiger partial charge in [0.1, 0.15) is 5.75 Å². The molecule has 1 N–H and O–H groups in total. The second-order valence-electron chi connectivity index (χ2n) is 6.28. The maximum Gasteiger partial charge on any atom is 0.416 e. The molecule has 1 amide bonds. The van der Waals surface area contributed by atoms with Crippen molar-refractivity contribution in [2.24, 2.45) is 0 Å². The summed E-state index contributed by atoms with van der Waals surface area (Å²) in [4.78, 5) is 12.3. The van der Waals surface area contributed by atoms with E-state index in [4.69, 9.17) is 16.3 Å². The zero-order valence-corrected chi connectivity index (χ0v) is 18.1. The fourth-order valence-corrected chi connectivity index (χ4v) is 3.79. The molecule has 0 aliphatic rings. The van der Waals surface area contributed by atoms with E-state index in [-0.39, 0.29) is 16.5 Å². The quantitative estimate of drug-likeness (QED) is 0.470. The van der Waals surface area contributed by atoms with Crippen LogP contribution >= 0.6 is 23.4 Å². The van der Waals surface area contributed by atoms with E-state index in [1.807, 2.05) is 35.8 Å². The number of hydrogen-bond acceptors (Lipinski definition) is 5. The van der Waals surface area contributed by atoms with Gasteiger partial charge in [-0.1, -0.05) is 35.5 Å². The molecule has 31 heavy (non-hydrogen) atoms. The smallest absolute Gasteiger partial charge is 0.416 e. The zero-order valence-electron chi connectivity index (χ0n) is 16.5. The van der Waals surface area contributed by atoms with E-state index in [9.17, 15) is 18.0 Å². The molecule has 0 radical (unpaired) electrons. The third-order valence-electron chi connectivity index (χ3n) is 4.28. The Morgan fingerprint density at radius 2 is 1.97 bits per heavy atom. The Bertz CT molecular complexity index is 1090. The first-order valence-electron chi connectivity index (χ1n) is 9.10. The lowest BCUT2D eigenvalue weighted by atomic mass is 10.2. The van der Waals surface area contributed by atoms with Crippen molar-refractivity contribution in [2.75, 3.05) is 18.2 Å². The first-order valence-corrected chi connectivity index (χ1v) is 10.5. The summed E-state index contributed by atoms with van der Waals surface area (Å²) in [7, 11) is 1.56. The van der Waals surface area contributed by atoms with Gasteiger partial charge in [-0.15, -0.1) is 10.2 Å². The number of carbonyl (C=O) groups excluding carboxylic acids is 1. The fourth-order valence-electron chi connectivity index (χ4n) is 2.82. The van der Waals surface area contributed by atoms with Crippen molar-refractivity contribution in [3.63, 3.8) is 0 Å². The molecule has 0 fully saturated rings. The highest BCUT2D eigenvalue weighted by atomic mass is 35.5. The van der Waals surface area contributed by atoms with Gasteiger partial charge < -0.3 is 14.6 Å². The molecule has 0 bridgehead atoms. The number of alkyl halides is 3. The van der Waals surface area contributed by atoms with E-state index in [2.05, 4.69) is 15.5 Å². The number of para-hydroxylation sites is 1. The number of rotatable bonds is 7. The maximum atomic E-state index is 12.9. The summed E-state index contributed by atoms with van der Waals surface area (Å²) in [6.45, 7) is 2.46. The molecular formula is C20H18ClF3N4O2S. The molecule has 3 rings (SSSR count). The minimum absolute atomic E-state index is 0.0153.